The lowest BCUT2D eigenvalue weighted by Crippen LogP contribution is -2.41. The zero-order valence-electron chi connectivity index (χ0n) is 11.7. The molecule has 0 radical (unpaired) electrons. The van der Waals surface area contributed by atoms with Gasteiger partial charge < -0.3 is 14.8 Å². The van der Waals surface area contributed by atoms with Crippen LogP contribution in [0, 0.1) is 0 Å². The number of anilines is 1. The molecule has 1 rings (SSSR count). The van der Waals surface area contributed by atoms with Gasteiger partial charge in [-0.1, -0.05) is 24.9 Å². The minimum absolute atomic E-state index is 0.182. The Labute approximate surface area is 119 Å². The first-order valence-corrected chi connectivity index (χ1v) is 6.54. The molecule has 0 aromatic heterocycles. The molecule has 0 aliphatic heterocycles. The summed E-state index contributed by atoms with van der Waals surface area (Å²) in [6, 6.07) is 5.10. The number of rotatable bonds is 6. The van der Waals surface area contributed by atoms with Crippen molar-refractivity contribution in [2.75, 3.05) is 19.5 Å². The minimum atomic E-state index is -0.832. The molecule has 1 amide bonds. The Bertz CT molecular complexity index is 450. The van der Waals surface area contributed by atoms with Crippen molar-refractivity contribution in [3.8, 4) is 5.75 Å². The van der Waals surface area contributed by atoms with Gasteiger partial charge in [-0.15, -0.1) is 0 Å². The van der Waals surface area contributed by atoms with E-state index in [2.05, 4.69) is 5.32 Å². The number of amides is 1. The van der Waals surface area contributed by atoms with Crippen LogP contribution in [0.1, 0.15) is 26.7 Å². The number of carbonyl (C=O) groups excluding carboxylic acids is 1. The Morgan fingerprint density at radius 2 is 2.11 bits per heavy atom. The number of halogens is 1. The molecular weight excluding hydrogens is 266 g/mol. The van der Waals surface area contributed by atoms with E-state index in [1.165, 1.54) is 7.11 Å². The molecule has 0 heterocycles. The zero-order valence-corrected chi connectivity index (χ0v) is 12.5. The maximum absolute atomic E-state index is 12.2. The Kier molecular flexibility index (Phi) is 5.63. The second-order valence-electron chi connectivity index (χ2n) is 4.49. The van der Waals surface area contributed by atoms with Crippen LogP contribution in [0.2, 0.25) is 5.02 Å². The normalized spacial score (nSPS) is 13.7. The van der Waals surface area contributed by atoms with Crippen LogP contribution in [0.15, 0.2) is 18.2 Å². The lowest BCUT2D eigenvalue weighted by atomic mass is 9.99. The van der Waals surface area contributed by atoms with Crippen LogP contribution >= 0.6 is 11.6 Å². The zero-order chi connectivity index (χ0) is 14.5. The van der Waals surface area contributed by atoms with E-state index in [9.17, 15) is 4.79 Å². The van der Waals surface area contributed by atoms with Crippen LogP contribution in [0.25, 0.3) is 0 Å². The smallest absolute Gasteiger partial charge is 0.256 e. The van der Waals surface area contributed by atoms with Gasteiger partial charge in [0.15, 0.2) is 0 Å². The number of hydrogen-bond acceptors (Lipinski definition) is 3. The van der Waals surface area contributed by atoms with Gasteiger partial charge in [-0.3, -0.25) is 4.79 Å². The molecule has 106 valence electrons. The van der Waals surface area contributed by atoms with Gasteiger partial charge in [0.1, 0.15) is 11.4 Å². The summed E-state index contributed by atoms with van der Waals surface area (Å²) in [5.74, 6) is 0.390. The first-order chi connectivity index (χ1) is 8.96. The van der Waals surface area contributed by atoms with Gasteiger partial charge in [-0.25, -0.2) is 0 Å². The van der Waals surface area contributed by atoms with E-state index in [4.69, 9.17) is 21.1 Å². The van der Waals surface area contributed by atoms with Crippen molar-refractivity contribution in [1.82, 2.24) is 0 Å². The molecule has 0 saturated heterocycles. The average Bonchev–Trinajstić information content (AvgIpc) is 2.39. The molecule has 0 fully saturated rings. The standard InChI is InChI=1S/C14H20ClNO3/c1-5-8-14(2,19-4)13(17)16-10-6-7-12(18-3)11(15)9-10/h6-7,9H,5,8H2,1-4H3,(H,16,17). The Hall–Kier alpha value is -1.26. The summed E-state index contributed by atoms with van der Waals surface area (Å²) in [5, 5.41) is 3.26. The topological polar surface area (TPSA) is 47.6 Å². The number of benzene rings is 1. The largest absolute Gasteiger partial charge is 0.495 e. The van der Waals surface area contributed by atoms with Gasteiger partial charge in [0, 0.05) is 12.8 Å². The first-order valence-electron chi connectivity index (χ1n) is 6.17. The van der Waals surface area contributed by atoms with Crippen LogP contribution in [0.4, 0.5) is 5.69 Å². The van der Waals surface area contributed by atoms with Gasteiger partial charge in [-0.05, 0) is 31.5 Å². The van der Waals surface area contributed by atoms with Crippen LogP contribution < -0.4 is 10.1 Å². The maximum Gasteiger partial charge on any atom is 0.256 e. The van der Waals surface area contributed by atoms with Crippen LogP contribution in [0.3, 0.4) is 0 Å². The fraction of sp³-hybridized carbons (Fsp3) is 0.500. The monoisotopic (exact) mass is 285 g/mol. The number of ether oxygens (including phenoxy) is 2. The van der Waals surface area contributed by atoms with Crippen LogP contribution in [-0.4, -0.2) is 25.7 Å². The second kappa shape index (κ2) is 6.78. The van der Waals surface area contributed by atoms with E-state index in [0.29, 0.717) is 22.9 Å². The van der Waals surface area contributed by atoms with Crippen LogP contribution in [-0.2, 0) is 9.53 Å². The average molecular weight is 286 g/mol. The summed E-state index contributed by atoms with van der Waals surface area (Å²) in [4.78, 5) is 12.2. The SMILES string of the molecule is CCCC(C)(OC)C(=O)Nc1ccc(OC)c(Cl)c1. The van der Waals surface area contributed by atoms with Crippen molar-refractivity contribution in [2.45, 2.75) is 32.3 Å². The third kappa shape index (κ3) is 3.85. The quantitative estimate of drug-likeness (QED) is 0.870. The number of methoxy groups -OCH3 is 2. The van der Waals surface area contributed by atoms with Crippen molar-refractivity contribution in [2.24, 2.45) is 0 Å². The molecule has 0 aliphatic carbocycles. The van der Waals surface area contributed by atoms with Gasteiger partial charge in [-0.2, -0.15) is 0 Å². The summed E-state index contributed by atoms with van der Waals surface area (Å²) in [6.07, 6.45) is 1.51. The van der Waals surface area contributed by atoms with Crippen LogP contribution in [0.5, 0.6) is 5.75 Å². The molecule has 1 aromatic rings. The van der Waals surface area contributed by atoms with Crippen molar-refractivity contribution < 1.29 is 14.3 Å². The van der Waals surface area contributed by atoms with Crippen molar-refractivity contribution in [3.05, 3.63) is 23.2 Å². The van der Waals surface area contributed by atoms with E-state index in [0.717, 1.165) is 6.42 Å². The fourth-order valence-corrected chi connectivity index (χ4v) is 2.05. The summed E-state index contributed by atoms with van der Waals surface area (Å²) < 4.78 is 10.4. The number of carbonyl (C=O) groups is 1. The lowest BCUT2D eigenvalue weighted by molar-refractivity contribution is -0.136. The summed E-state index contributed by atoms with van der Waals surface area (Å²) in [7, 11) is 3.08. The molecule has 1 atom stereocenters. The molecule has 1 N–H and O–H groups in total. The molecule has 1 aromatic carbocycles. The van der Waals surface area contributed by atoms with Crippen molar-refractivity contribution in [3.63, 3.8) is 0 Å². The van der Waals surface area contributed by atoms with E-state index < -0.39 is 5.60 Å². The molecule has 0 bridgehead atoms. The Morgan fingerprint density at radius 1 is 1.42 bits per heavy atom. The van der Waals surface area contributed by atoms with E-state index in [-0.39, 0.29) is 5.91 Å². The maximum atomic E-state index is 12.2. The van der Waals surface area contributed by atoms with Crippen molar-refractivity contribution >= 4 is 23.2 Å². The van der Waals surface area contributed by atoms with E-state index in [1.807, 2.05) is 6.92 Å². The molecular formula is C14H20ClNO3. The van der Waals surface area contributed by atoms with Gasteiger partial charge in [0.2, 0.25) is 0 Å². The highest BCUT2D eigenvalue weighted by Gasteiger charge is 2.32. The van der Waals surface area contributed by atoms with E-state index in [1.54, 1.807) is 32.2 Å². The fourth-order valence-electron chi connectivity index (χ4n) is 1.79. The predicted molar refractivity (Wildman–Crippen MR) is 77.0 cm³/mol. The summed E-state index contributed by atoms with van der Waals surface area (Å²) >= 11 is 6.01. The highest BCUT2D eigenvalue weighted by Crippen LogP contribution is 2.28. The Balaban J connectivity index is 2.84. The van der Waals surface area contributed by atoms with Gasteiger partial charge in [0.25, 0.3) is 5.91 Å². The summed E-state index contributed by atoms with van der Waals surface area (Å²) in [5.41, 5.74) is -0.212. The third-order valence-corrected chi connectivity index (χ3v) is 3.36. The Morgan fingerprint density at radius 3 is 2.58 bits per heavy atom. The minimum Gasteiger partial charge on any atom is -0.495 e. The van der Waals surface area contributed by atoms with Crippen molar-refractivity contribution in [1.29, 1.82) is 0 Å². The molecule has 0 saturated carbocycles. The molecule has 5 heteroatoms. The highest BCUT2D eigenvalue weighted by molar-refractivity contribution is 6.32. The van der Waals surface area contributed by atoms with E-state index >= 15 is 0 Å². The number of hydrogen-bond donors (Lipinski definition) is 1. The lowest BCUT2D eigenvalue weighted by Gasteiger charge is -2.26. The molecule has 0 aliphatic rings. The molecule has 1 unspecified atom stereocenters. The van der Waals surface area contributed by atoms with Gasteiger partial charge >= 0.3 is 0 Å². The number of nitrogens with one attached hydrogen (secondary N) is 1. The second-order valence-corrected chi connectivity index (χ2v) is 4.90. The van der Waals surface area contributed by atoms with Gasteiger partial charge in [0.05, 0.1) is 12.1 Å². The third-order valence-electron chi connectivity index (χ3n) is 3.07. The highest BCUT2D eigenvalue weighted by atomic mass is 35.5. The predicted octanol–water partition coefficient (Wildman–Crippen LogP) is 3.49. The summed E-state index contributed by atoms with van der Waals surface area (Å²) in [6.45, 7) is 3.78. The molecule has 19 heavy (non-hydrogen) atoms. The molecule has 4 nitrogen and oxygen atoms in total. The molecule has 0 spiro atoms. The first kappa shape index (κ1) is 15.8.